The van der Waals surface area contributed by atoms with Crippen molar-refractivity contribution >= 4 is 15.9 Å². The molecule has 2 aliphatic rings. The highest BCUT2D eigenvalue weighted by Crippen LogP contribution is 2.29. The molecule has 0 unspecified atom stereocenters. The number of nitrogens with zero attached hydrogens (tertiary/aromatic N) is 3. The van der Waals surface area contributed by atoms with E-state index in [4.69, 9.17) is 4.42 Å². The largest absolute Gasteiger partial charge is 0.394 e. The van der Waals surface area contributed by atoms with E-state index in [1.165, 1.54) is 12.8 Å². The number of sulfone groups is 1. The van der Waals surface area contributed by atoms with Gasteiger partial charge in [-0.25, -0.2) is 8.42 Å². The molecule has 3 rings (SSSR count). The fourth-order valence-corrected chi connectivity index (χ4v) is 4.81. The van der Waals surface area contributed by atoms with E-state index in [-0.39, 0.29) is 10.5 Å². The van der Waals surface area contributed by atoms with Gasteiger partial charge in [-0.15, -0.1) is 0 Å². The lowest BCUT2D eigenvalue weighted by Gasteiger charge is -2.19. The van der Waals surface area contributed by atoms with E-state index in [1.54, 1.807) is 0 Å². The molecule has 1 saturated carbocycles. The summed E-state index contributed by atoms with van der Waals surface area (Å²) in [6, 6.07) is 0.367. The molecule has 1 aromatic rings. The molecule has 7 heteroatoms. The van der Waals surface area contributed by atoms with Crippen molar-refractivity contribution in [2.75, 3.05) is 18.0 Å². The molecule has 0 amide bonds. The number of rotatable bonds is 3. The average molecular weight is 313 g/mol. The summed E-state index contributed by atoms with van der Waals surface area (Å²) in [5.74, 6) is 0. The molecule has 2 fully saturated rings. The standard InChI is InChI=1S/C14H23N3O3S/c18-21(19,12-8-4-3-5-9-12)14-16-15-13(20-14)17-10-6-1-2-7-11-17/h12H,1-11H2. The van der Waals surface area contributed by atoms with Crippen LogP contribution in [0.5, 0.6) is 0 Å². The summed E-state index contributed by atoms with van der Waals surface area (Å²) in [6.07, 6.45) is 9.08. The molecular weight excluding hydrogens is 290 g/mol. The minimum Gasteiger partial charge on any atom is -0.394 e. The molecule has 0 bridgehead atoms. The lowest BCUT2D eigenvalue weighted by molar-refractivity contribution is 0.411. The zero-order chi connectivity index (χ0) is 14.7. The van der Waals surface area contributed by atoms with Crippen LogP contribution in [-0.4, -0.2) is 37.0 Å². The number of anilines is 1. The highest BCUT2D eigenvalue weighted by atomic mass is 32.2. The summed E-state index contributed by atoms with van der Waals surface area (Å²) >= 11 is 0. The molecule has 0 aromatic carbocycles. The maximum absolute atomic E-state index is 12.5. The Bertz CT molecular complexity index is 556. The first-order valence-electron chi connectivity index (χ1n) is 8.00. The van der Waals surface area contributed by atoms with E-state index in [0.29, 0.717) is 18.9 Å². The average Bonchev–Trinajstić information content (AvgIpc) is 2.85. The van der Waals surface area contributed by atoms with E-state index in [2.05, 4.69) is 10.2 Å². The Kier molecular flexibility index (Phi) is 4.47. The van der Waals surface area contributed by atoms with Crippen molar-refractivity contribution in [1.82, 2.24) is 10.2 Å². The van der Waals surface area contributed by atoms with E-state index < -0.39 is 9.84 Å². The normalized spacial score (nSPS) is 22.2. The molecule has 1 aliphatic heterocycles. The van der Waals surface area contributed by atoms with Crippen LogP contribution in [0.3, 0.4) is 0 Å². The van der Waals surface area contributed by atoms with Gasteiger partial charge in [-0.3, -0.25) is 0 Å². The Hall–Kier alpha value is -1.11. The van der Waals surface area contributed by atoms with Crippen molar-refractivity contribution in [2.24, 2.45) is 0 Å². The van der Waals surface area contributed by atoms with Crippen molar-refractivity contribution < 1.29 is 12.8 Å². The van der Waals surface area contributed by atoms with E-state index in [0.717, 1.165) is 45.2 Å². The van der Waals surface area contributed by atoms with Crippen LogP contribution in [0.25, 0.3) is 0 Å². The predicted molar refractivity (Wildman–Crippen MR) is 79.0 cm³/mol. The molecule has 0 atom stereocenters. The lowest BCUT2D eigenvalue weighted by Crippen LogP contribution is -2.25. The molecule has 118 valence electrons. The Morgan fingerprint density at radius 1 is 0.905 bits per heavy atom. The predicted octanol–water partition coefficient (Wildman–Crippen LogP) is 2.56. The third-order valence-electron chi connectivity index (χ3n) is 4.51. The summed E-state index contributed by atoms with van der Waals surface area (Å²) in [7, 11) is -3.46. The maximum atomic E-state index is 12.5. The highest BCUT2D eigenvalue weighted by Gasteiger charge is 2.34. The highest BCUT2D eigenvalue weighted by molar-refractivity contribution is 7.91. The van der Waals surface area contributed by atoms with E-state index in [9.17, 15) is 8.42 Å². The van der Waals surface area contributed by atoms with Gasteiger partial charge in [0.1, 0.15) is 0 Å². The summed E-state index contributed by atoms with van der Waals surface area (Å²) in [5.41, 5.74) is 0. The zero-order valence-corrected chi connectivity index (χ0v) is 13.1. The van der Waals surface area contributed by atoms with E-state index >= 15 is 0 Å². The van der Waals surface area contributed by atoms with Crippen LogP contribution in [0.1, 0.15) is 57.8 Å². The second-order valence-corrected chi connectivity index (χ2v) is 8.16. The molecule has 21 heavy (non-hydrogen) atoms. The third-order valence-corrected chi connectivity index (χ3v) is 6.51. The zero-order valence-electron chi connectivity index (χ0n) is 12.3. The quantitative estimate of drug-likeness (QED) is 0.853. The SMILES string of the molecule is O=S(=O)(c1nnc(N2CCCCCC2)o1)C1CCCCC1. The summed E-state index contributed by atoms with van der Waals surface area (Å²) < 4.78 is 30.6. The molecule has 2 heterocycles. The molecule has 0 spiro atoms. The minimum atomic E-state index is -3.46. The van der Waals surface area contributed by atoms with Crippen molar-refractivity contribution in [1.29, 1.82) is 0 Å². The minimum absolute atomic E-state index is 0.186. The second kappa shape index (κ2) is 6.34. The Morgan fingerprint density at radius 2 is 1.52 bits per heavy atom. The lowest BCUT2D eigenvalue weighted by atomic mass is 10.0. The van der Waals surface area contributed by atoms with Gasteiger partial charge in [0.25, 0.3) is 0 Å². The van der Waals surface area contributed by atoms with Gasteiger partial charge in [0.2, 0.25) is 9.84 Å². The molecule has 0 radical (unpaired) electrons. The van der Waals surface area contributed by atoms with Crippen molar-refractivity contribution in [3.63, 3.8) is 0 Å². The topological polar surface area (TPSA) is 76.3 Å². The molecule has 0 N–H and O–H groups in total. The number of hydrogen-bond acceptors (Lipinski definition) is 6. The first-order valence-corrected chi connectivity index (χ1v) is 9.55. The maximum Gasteiger partial charge on any atom is 0.337 e. The van der Waals surface area contributed by atoms with Gasteiger partial charge in [0.15, 0.2) is 0 Å². The van der Waals surface area contributed by atoms with E-state index in [1.807, 2.05) is 4.90 Å². The van der Waals surface area contributed by atoms with Gasteiger partial charge in [0.05, 0.1) is 5.25 Å². The van der Waals surface area contributed by atoms with Crippen LogP contribution in [0.15, 0.2) is 9.64 Å². The van der Waals surface area contributed by atoms with Crippen molar-refractivity contribution in [3.05, 3.63) is 0 Å². The van der Waals surface area contributed by atoms with Gasteiger partial charge in [-0.2, -0.15) is 0 Å². The van der Waals surface area contributed by atoms with Gasteiger partial charge in [-0.1, -0.05) is 42.3 Å². The van der Waals surface area contributed by atoms with Gasteiger partial charge < -0.3 is 9.32 Å². The van der Waals surface area contributed by atoms with Crippen LogP contribution in [-0.2, 0) is 9.84 Å². The fraction of sp³-hybridized carbons (Fsp3) is 0.857. The van der Waals surface area contributed by atoms with Gasteiger partial charge in [0, 0.05) is 13.1 Å². The van der Waals surface area contributed by atoms with Crippen LogP contribution in [0, 0.1) is 0 Å². The Balaban J connectivity index is 1.77. The second-order valence-electron chi connectivity index (χ2n) is 6.06. The van der Waals surface area contributed by atoms with Crippen molar-refractivity contribution in [3.8, 4) is 0 Å². The Morgan fingerprint density at radius 3 is 2.19 bits per heavy atom. The molecule has 1 saturated heterocycles. The molecular formula is C14H23N3O3S. The monoisotopic (exact) mass is 313 g/mol. The fourth-order valence-electron chi connectivity index (χ4n) is 3.23. The number of aromatic nitrogens is 2. The third kappa shape index (κ3) is 3.22. The van der Waals surface area contributed by atoms with Crippen LogP contribution in [0.4, 0.5) is 6.01 Å². The molecule has 6 nitrogen and oxygen atoms in total. The molecule has 1 aromatic heterocycles. The number of hydrogen-bond donors (Lipinski definition) is 0. The van der Waals surface area contributed by atoms with Gasteiger partial charge >= 0.3 is 11.2 Å². The van der Waals surface area contributed by atoms with Crippen LogP contribution in [0.2, 0.25) is 0 Å². The first-order chi connectivity index (χ1) is 10.2. The van der Waals surface area contributed by atoms with Crippen LogP contribution >= 0.6 is 0 Å². The summed E-state index contributed by atoms with van der Waals surface area (Å²) in [6.45, 7) is 1.73. The first kappa shape index (κ1) is 14.8. The van der Waals surface area contributed by atoms with Gasteiger partial charge in [-0.05, 0) is 25.7 Å². The van der Waals surface area contributed by atoms with Crippen molar-refractivity contribution in [2.45, 2.75) is 68.3 Å². The summed E-state index contributed by atoms with van der Waals surface area (Å²) in [4.78, 5) is 2.01. The molecule has 1 aliphatic carbocycles. The van der Waals surface area contributed by atoms with Crippen LogP contribution < -0.4 is 4.90 Å². The Labute approximate surface area is 125 Å². The smallest absolute Gasteiger partial charge is 0.337 e. The summed E-state index contributed by atoms with van der Waals surface area (Å²) in [5, 5.41) is 7.27.